The Kier molecular flexibility index (Phi) is 6.35. The summed E-state index contributed by atoms with van der Waals surface area (Å²) in [7, 11) is 1.38. The Morgan fingerprint density at radius 2 is 2.19 bits per heavy atom. The average molecular weight is 435 g/mol. The van der Waals surface area contributed by atoms with E-state index < -0.39 is 0 Å². The zero-order valence-electron chi connectivity index (χ0n) is 16.2. The number of carbonyl (C=O) groups excluding carboxylic acids is 2. The second-order valence-electron chi connectivity index (χ2n) is 7.51. The molecule has 1 amide bonds. The molecule has 3 rings (SSSR count). The lowest BCUT2D eigenvalue weighted by Gasteiger charge is -2.31. The fraction of sp³-hybridized carbons (Fsp3) is 0.571. The smallest absolute Gasteiger partial charge is 0.306 e. The van der Waals surface area contributed by atoms with E-state index >= 15 is 0 Å². The Bertz CT molecular complexity index is 762. The van der Waals surface area contributed by atoms with Crippen LogP contribution >= 0.6 is 15.9 Å². The predicted molar refractivity (Wildman–Crippen MR) is 109 cm³/mol. The van der Waals surface area contributed by atoms with Gasteiger partial charge in [-0.2, -0.15) is 0 Å². The highest BCUT2D eigenvalue weighted by atomic mass is 79.9. The van der Waals surface area contributed by atoms with Gasteiger partial charge in [0.15, 0.2) is 0 Å². The molecule has 3 atom stereocenters. The molecule has 5 nitrogen and oxygen atoms in total. The van der Waals surface area contributed by atoms with Crippen molar-refractivity contribution >= 4 is 39.2 Å². The van der Waals surface area contributed by atoms with Crippen LogP contribution in [0.15, 0.2) is 27.7 Å². The minimum atomic E-state index is -0.332. The first-order chi connectivity index (χ1) is 12.9. The first kappa shape index (κ1) is 20.1. The highest BCUT2D eigenvalue weighted by molar-refractivity contribution is 9.10. The van der Waals surface area contributed by atoms with Crippen molar-refractivity contribution in [3.8, 4) is 0 Å². The number of fused-ring (bicyclic) bond motifs is 1. The third-order valence-corrected chi connectivity index (χ3v) is 6.35. The van der Waals surface area contributed by atoms with E-state index in [1.165, 1.54) is 12.7 Å². The number of ether oxygens (including phenoxy) is 1. The van der Waals surface area contributed by atoms with Crippen LogP contribution in [0.5, 0.6) is 0 Å². The van der Waals surface area contributed by atoms with E-state index in [0.29, 0.717) is 0 Å². The summed E-state index contributed by atoms with van der Waals surface area (Å²) < 4.78 is 5.88. The summed E-state index contributed by atoms with van der Waals surface area (Å²) in [4.78, 5) is 32.0. The SMILES string of the molecule is CC[C@H](C)[C@@H](CC(=O)OC)C(=O)N1CCC[C@@H]1C1=Nc2ccc(Br)cc2C1. The van der Waals surface area contributed by atoms with E-state index in [-0.39, 0.29) is 36.2 Å². The van der Waals surface area contributed by atoms with Gasteiger partial charge in [0.2, 0.25) is 5.91 Å². The first-order valence-corrected chi connectivity index (χ1v) is 10.5. The fourth-order valence-corrected chi connectivity index (χ4v) is 4.46. The number of aliphatic imine (C=N–C) groups is 1. The maximum atomic E-state index is 13.3. The number of halogens is 1. The molecule has 0 bridgehead atoms. The normalized spacial score (nSPS) is 20.8. The van der Waals surface area contributed by atoms with E-state index in [1.807, 2.05) is 24.0 Å². The predicted octanol–water partition coefficient (Wildman–Crippen LogP) is 4.29. The number of amides is 1. The number of carbonyl (C=O) groups is 2. The topological polar surface area (TPSA) is 59.0 Å². The van der Waals surface area contributed by atoms with Crippen LogP contribution in [0.3, 0.4) is 0 Å². The molecular weight excluding hydrogens is 408 g/mol. The molecule has 0 N–H and O–H groups in total. The molecule has 1 fully saturated rings. The van der Waals surface area contributed by atoms with Crippen molar-refractivity contribution in [2.24, 2.45) is 16.8 Å². The van der Waals surface area contributed by atoms with Gasteiger partial charge in [-0.1, -0.05) is 36.2 Å². The highest BCUT2D eigenvalue weighted by Gasteiger charge is 2.39. The van der Waals surface area contributed by atoms with Gasteiger partial charge in [0.05, 0.1) is 31.2 Å². The van der Waals surface area contributed by atoms with Gasteiger partial charge < -0.3 is 9.64 Å². The van der Waals surface area contributed by atoms with Crippen molar-refractivity contribution in [3.05, 3.63) is 28.2 Å². The third-order valence-electron chi connectivity index (χ3n) is 5.86. The molecule has 146 valence electrons. The van der Waals surface area contributed by atoms with Crippen LogP contribution in [0.25, 0.3) is 0 Å². The summed E-state index contributed by atoms with van der Waals surface area (Å²) in [6, 6.07) is 6.16. The molecule has 0 radical (unpaired) electrons. The van der Waals surface area contributed by atoms with E-state index in [4.69, 9.17) is 9.73 Å². The number of nitrogens with zero attached hydrogens (tertiary/aromatic N) is 2. The number of benzene rings is 1. The molecule has 2 aliphatic rings. The van der Waals surface area contributed by atoms with Crippen LogP contribution in [0.4, 0.5) is 5.69 Å². The highest BCUT2D eigenvalue weighted by Crippen LogP contribution is 2.34. The number of esters is 1. The van der Waals surface area contributed by atoms with E-state index in [0.717, 1.165) is 48.1 Å². The molecule has 1 aromatic carbocycles. The standard InChI is InChI=1S/C21H27BrN2O3/c1-4-13(2)16(12-20(25)27-3)21(26)24-9-5-6-19(24)18-11-14-10-15(22)7-8-17(14)23-18/h7-8,10,13,16,19H,4-6,9,11-12H2,1-3H3/t13-,16+,19+/m0/s1. The molecule has 0 spiro atoms. The second kappa shape index (κ2) is 8.55. The van der Waals surface area contributed by atoms with Crippen LogP contribution in [-0.2, 0) is 20.7 Å². The lowest BCUT2D eigenvalue weighted by Crippen LogP contribution is -2.45. The van der Waals surface area contributed by atoms with Crippen molar-refractivity contribution in [2.75, 3.05) is 13.7 Å². The Hall–Kier alpha value is -1.69. The fourth-order valence-electron chi connectivity index (χ4n) is 4.06. The number of hydrogen-bond donors (Lipinski definition) is 0. The molecule has 0 saturated carbocycles. The Morgan fingerprint density at radius 3 is 2.89 bits per heavy atom. The number of rotatable bonds is 6. The Labute approximate surface area is 169 Å². The summed E-state index contributed by atoms with van der Waals surface area (Å²) in [5.41, 5.74) is 3.27. The van der Waals surface area contributed by atoms with Crippen LogP contribution in [0, 0.1) is 11.8 Å². The van der Waals surface area contributed by atoms with E-state index in [1.54, 1.807) is 0 Å². The maximum Gasteiger partial charge on any atom is 0.306 e. The van der Waals surface area contributed by atoms with Gasteiger partial charge in [-0.15, -0.1) is 0 Å². The van der Waals surface area contributed by atoms with Gasteiger partial charge in [-0.25, -0.2) is 0 Å². The maximum absolute atomic E-state index is 13.3. The van der Waals surface area contributed by atoms with E-state index in [9.17, 15) is 9.59 Å². The number of methoxy groups -OCH3 is 1. The number of likely N-dealkylation sites (tertiary alicyclic amines) is 1. The van der Waals surface area contributed by atoms with Crippen molar-refractivity contribution < 1.29 is 14.3 Å². The molecule has 2 heterocycles. The van der Waals surface area contributed by atoms with Gasteiger partial charge in [0.25, 0.3) is 0 Å². The summed E-state index contributed by atoms with van der Waals surface area (Å²) in [6.07, 6.45) is 3.69. The monoisotopic (exact) mass is 434 g/mol. The largest absolute Gasteiger partial charge is 0.469 e. The van der Waals surface area contributed by atoms with Gasteiger partial charge in [0.1, 0.15) is 0 Å². The van der Waals surface area contributed by atoms with Crippen molar-refractivity contribution in [1.82, 2.24) is 4.90 Å². The summed E-state index contributed by atoms with van der Waals surface area (Å²) >= 11 is 3.52. The van der Waals surface area contributed by atoms with Crippen molar-refractivity contribution in [1.29, 1.82) is 0 Å². The average Bonchev–Trinajstić information content (AvgIpc) is 3.30. The van der Waals surface area contributed by atoms with Gasteiger partial charge >= 0.3 is 5.97 Å². The van der Waals surface area contributed by atoms with Crippen LogP contribution in [0.1, 0.15) is 45.1 Å². The minimum Gasteiger partial charge on any atom is -0.469 e. The van der Waals surface area contributed by atoms with Crippen LogP contribution in [-0.4, -0.2) is 42.2 Å². The zero-order valence-corrected chi connectivity index (χ0v) is 17.8. The van der Waals surface area contributed by atoms with Crippen LogP contribution in [0.2, 0.25) is 0 Å². The Balaban J connectivity index is 1.79. The molecular formula is C21H27BrN2O3. The molecule has 2 aliphatic heterocycles. The minimum absolute atomic E-state index is 0.0351. The summed E-state index contributed by atoms with van der Waals surface area (Å²) in [6.45, 7) is 4.83. The van der Waals surface area contributed by atoms with E-state index in [2.05, 4.69) is 28.9 Å². The third kappa shape index (κ3) is 4.26. The molecule has 1 saturated heterocycles. The van der Waals surface area contributed by atoms with Gasteiger partial charge in [-0.3, -0.25) is 14.6 Å². The molecule has 0 aromatic heterocycles. The lowest BCUT2D eigenvalue weighted by molar-refractivity contribution is -0.148. The van der Waals surface area contributed by atoms with Gasteiger partial charge in [-0.05, 0) is 42.5 Å². The van der Waals surface area contributed by atoms with Gasteiger partial charge in [0, 0.05) is 23.1 Å². The first-order valence-electron chi connectivity index (χ1n) is 9.67. The zero-order chi connectivity index (χ0) is 19.6. The van der Waals surface area contributed by atoms with Crippen molar-refractivity contribution in [3.63, 3.8) is 0 Å². The summed E-state index contributed by atoms with van der Waals surface area (Å²) in [5.74, 6) is -0.449. The quantitative estimate of drug-likeness (QED) is 0.627. The second-order valence-corrected chi connectivity index (χ2v) is 8.43. The molecule has 27 heavy (non-hydrogen) atoms. The van der Waals surface area contributed by atoms with Crippen LogP contribution < -0.4 is 0 Å². The van der Waals surface area contributed by atoms with Crippen molar-refractivity contribution in [2.45, 2.75) is 52.0 Å². The molecule has 0 unspecified atom stereocenters. The number of hydrogen-bond acceptors (Lipinski definition) is 4. The summed E-state index contributed by atoms with van der Waals surface area (Å²) in [5, 5.41) is 0. The molecule has 6 heteroatoms. The lowest BCUT2D eigenvalue weighted by atomic mass is 9.87. The molecule has 0 aliphatic carbocycles. The molecule has 1 aromatic rings. The Morgan fingerprint density at radius 1 is 1.41 bits per heavy atom.